The van der Waals surface area contributed by atoms with Gasteiger partial charge in [0.15, 0.2) is 5.78 Å². The number of piperidine rings is 1. The van der Waals surface area contributed by atoms with Crippen LogP contribution in [0.3, 0.4) is 0 Å². The molecule has 0 aromatic heterocycles. The number of hydrogen-bond donors (Lipinski definition) is 0. The summed E-state index contributed by atoms with van der Waals surface area (Å²) in [6.45, 7) is 1.88. The molecule has 0 bridgehead atoms. The Morgan fingerprint density at radius 1 is 1.00 bits per heavy atom. The number of thioether (sulfide) groups is 2. The molecule has 2 aromatic rings. The van der Waals surface area contributed by atoms with Gasteiger partial charge in [0.25, 0.3) is 0 Å². The Kier molecular flexibility index (Phi) is 7.29. The third kappa shape index (κ3) is 5.22. The molecule has 0 atom stereocenters. The first-order chi connectivity index (χ1) is 15.3. The predicted molar refractivity (Wildman–Crippen MR) is 128 cm³/mol. The molecule has 9 heteroatoms. The lowest BCUT2D eigenvalue weighted by Crippen LogP contribution is -2.41. The summed E-state index contributed by atoms with van der Waals surface area (Å²) in [7, 11) is -3.71. The molecule has 2 heterocycles. The quantitative estimate of drug-likeness (QED) is 0.337. The van der Waals surface area contributed by atoms with Gasteiger partial charge in [-0.15, -0.1) is 23.5 Å². The number of benzene rings is 2. The zero-order valence-electron chi connectivity index (χ0n) is 17.7. The highest BCUT2D eigenvalue weighted by atomic mass is 32.2. The summed E-state index contributed by atoms with van der Waals surface area (Å²) in [5, 5.41) is 0. The molecular weight excluding hydrogens is 466 g/mol. The van der Waals surface area contributed by atoms with E-state index in [1.165, 1.54) is 28.9 Å². The van der Waals surface area contributed by atoms with Gasteiger partial charge in [-0.3, -0.25) is 9.59 Å². The number of sulfonamides is 1. The smallest absolute Gasteiger partial charge is 0.314 e. The van der Waals surface area contributed by atoms with Crippen molar-refractivity contribution >= 4 is 45.3 Å². The van der Waals surface area contributed by atoms with Crippen LogP contribution in [0.5, 0.6) is 5.75 Å². The standard InChI is InChI=1S/C23H25NO5S3/c1-16(25)19-3-2-4-21(15-19)32(27,28)24-11-9-17(10-12-24)22(26)29-20-7-5-18(6-8-20)23-30-13-14-31-23/h2-8,15,17,23H,9-14H2,1H3. The van der Waals surface area contributed by atoms with Crippen molar-refractivity contribution in [1.82, 2.24) is 4.31 Å². The van der Waals surface area contributed by atoms with E-state index < -0.39 is 10.0 Å². The van der Waals surface area contributed by atoms with Crippen LogP contribution in [0.4, 0.5) is 0 Å². The monoisotopic (exact) mass is 491 g/mol. The molecule has 2 fully saturated rings. The lowest BCUT2D eigenvalue weighted by atomic mass is 9.98. The predicted octanol–water partition coefficient (Wildman–Crippen LogP) is 4.37. The molecule has 0 aliphatic carbocycles. The van der Waals surface area contributed by atoms with Crippen molar-refractivity contribution in [3.8, 4) is 5.75 Å². The molecule has 0 unspecified atom stereocenters. The molecule has 2 aromatic carbocycles. The average Bonchev–Trinajstić information content (AvgIpc) is 3.35. The fourth-order valence-corrected chi connectivity index (χ4v) is 8.18. The third-order valence-corrected chi connectivity index (χ3v) is 10.7. The Bertz CT molecular complexity index is 1090. The third-order valence-electron chi connectivity index (χ3n) is 5.66. The Morgan fingerprint density at radius 3 is 2.28 bits per heavy atom. The largest absolute Gasteiger partial charge is 0.426 e. The average molecular weight is 492 g/mol. The summed E-state index contributed by atoms with van der Waals surface area (Å²) in [4.78, 5) is 24.3. The van der Waals surface area contributed by atoms with Crippen molar-refractivity contribution < 1.29 is 22.7 Å². The lowest BCUT2D eigenvalue weighted by Gasteiger charge is -2.30. The van der Waals surface area contributed by atoms with E-state index in [1.807, 2.05) is 47.8 Å². The number of ether oxygens (including phenoxy) is 1. The van der Waals surface area contributed by atoms with Crippen LogP contribution < -0.4 is 4.74 Å². The van der Waals surface area contributed by atoms with Gasteiger partial charge < -0.3 is 4.74 Å². The van der Waals surface area contributed by atoms with E-state index in [2.05, 4.69) is 0 Å². The number of esters is 1. The zero-order chi connectivity index (χ0) is 22.7. The van der Waals surface area contributed by atoms with Crippen LogP contribution in [-0.4, -0.2) is 49.1 Å². The zero-order valence-corrected chi connectivity index (χ0v) is 20.2. The van der Waals surface area contributed by atoms with Gasteiger partial charge >= 0.3 is 5.97 Å². The number of nitrogens with zero attached hydrogens (tertiary/aromatic N) is 1. The molecule has 0 radical (unpaired) electrons. The maximum absolute atomic E-state index is 13.0. The van der Waals surface area contributed by atoms with Crippen molar-refractivity contribution in [2.45, 2.75) is 29.2 Å². The highest BCUT2D eigenvalue weighted by Crippen LogP contribution is 2.45. The minimum Gasteiger partial charge on any atom is -0.426 e. The van der Waals surface area contributed by atoms with Crippen molar-refractivity contribution in [2.24, 2.45) is 5.92 Å². The Hall–Kier alpha value is -1.81. The molecule has 0 saturated carbocycles. The topological polar surface area (TPSA) is 80.8 Å². The van der Waals surface area contributed by atoms with Crippen molar-refractivity contribution in [3.63, 3.8) is 0 Å². The van der Waals surface area contributed by atoms with Crippen LogP contribution in [0.25, 0.3) is 0 Å². The molecule has 0 spiro atoms. The molecule has 0 amide bonds. The minimum absolute atomic E-state index is 0.102. The SMILES string of the molecule is CC(=O)c1cccc(S(=O)(=O)N2CCC(C(=O)Oc3ccc(C4SCCS4)cc3)CC2)c1. The summed E-state index contributed by atoms with van der Waals surface area (Å²) in [5.41, 5.74) is 1.59. The van der Waals surface area contributed by atoms with E-state index >= 15 is 0 Å². The highest BCUT2D eigenvalue weighted by Gasteiger charge is 2.33. The number of Topliss-reactive ketones (excluding diaryl/α,β-unsaturated/α-hetero) is 1. The molecule has 2 aliphatic heterocycles. The maximum atomic E-state index is 13.0. The summed E-state index contributed by atoms with van der Waals surface area (Å²) in [6, 6.07) is 13.7. The van der Waals surface area contributed by atoms with Crippen molar-refractivity contribution in [1.29, 1.82) is 0 Å². The molecule has 0 N–H and O–H groups in total. The van der Waals surface area contributed by atoms with Gasteiger partial charge in [-0.05, 0) is 49.6 Å². The van der Waals surface area contributed by atoms with Gasteiger partial charge in [0, 0.05) is 30.2 Å². The number of rotatable bonds is 6. The number of carbonyl (C=O) groups is 2. The second-order valence-electron chi connectivity index (χ2n) is 7.83. The number of carbonyl (C=O) groups excluding carboxylic acids is 2. The Labute approximate surface area is 197 Å². The van der Waals surface area contributed by atoms with E-state index in [1.54, 1.807) is 12.1 Å². The summed E-state index contributed by atoms with van der Waals surface area (Å²) >= 11 is 3.85. The van der Waals surface area contributed by atoms with Crippen molar-refractivity contribution in [2.75, 3.05) is 24.6 Å². The second kappa shape index (κ2) is 9.99. The van der Waals surface area contributed by atoms with Crippen LogP contribution in [0.15, 0.2) is 53.4 Å². The van der Waals surface area contributed by atoms with Gasteiger partial charge in [0.05, 0.1) is 15.4 Å². The maximum Gasteiger partial charge on any atom is 0.314 e. The van der Waals surface area contributed by atoms with Crippen LogP contribution in [0.1, 0.15) is 40.3 Å². The van der Waals surface area contributed by atoms with Gasteiger partial charge in [0.2, 0.25) is 10.0 Å². The van der Waals surface area contributed by atoms with Crippen LogP contribution >= 0.6 is 23.5 Å². The lowest BCUT2D eigenvalue weighted by molar-refractivity contribution is -0.140. The number of hydrogen-bond acceptors (Lipinski definition) is 7. The van der Waals surface area contributed by atoms with Gasteiger partial charge in [-0.25, -0.2) is 8.42 Å². The van der Waals surface area contributed by atoms with Crippen LogP contribution in [0.2, 0.25) is 0 Å². The minimum atomic E-state index is -3.71. The molecule has 4 rings (SSSR count). The first-order valence-corrected chi connectivity index (χ1v) is 14.0. The van der Waals surface area contributed by atoms with E-state index in [4.69, 9.17) is 4.74 Å². The van der Waals surface area contributed by atoms with Gasteiger partial charge in [0.1, 0.15) is 5.75 Å². The van der Waals surface area contributed by atoms with Crippen molar-refractivity contribution in [3.05, 3.63) is 59.7 Å². The fourth-order valence-electron chi connectivity index (χ4n) is 3.80. The van der Waals surface area contributed by atoms with E-state index in [0.717, 1.165) is 11.5 Å². The Morgan fingerprint density at radius 2 is 1.66 bits per heavy atom. The Balaban J connectivity index is 1.34. The summed E-state index contributed by atoms with van der Waals surface area (Å²) < 4.78 is 33.3. The first-order valence-electron chi connectivity index (χ1n) is 10.5. The molecule has 32 heavy (non-hydrogen) atoms. The van der Waals surface area contributed by atoms with E-state index in [-0.39, 0.29) is 35.7 Å². The molecule has 6 nitrogen and oxygen atoms in total. The van der Waals surface area contributed by atoms with Gasteiger partial charge in [-0.1, -0.05) is 24.3 Å². The van der Waals surface area contributed by atoms with Crippen LogP contribution in [-0.2, 0) is 14.8 Å². The van der Waals surface area contributed by atoms with Gasteiger partial charge in [-0.2, -0.15) is 4.31 Å². The molecular formula is C23H25NO5S3. The molecule has 170 valence electrons. The summed E-state index contributed by atoms with van der Waals surface area (Å²) in [5.74, 6) is 1.98. The normalized spacial score (nSPS) is 18.5. The van der Waals surface area contributed by atoms with E-state index in [9.17, 15) is 18.0 Å². The number of ketones is 1. The van der Waals surface area contributed by atoms with Crippen LogP contribution in [0, 0.1) is 5.92 Å². The first kappa shape index (κ1) is 23.4. The second-order valence-corrected chi connectivity index (χ2v) is 12.5. The highest BCUT2D eigenvalue weighted by molar-refractivity contribution is 8.19. The summed E-state index contributed by atoms with van der Waals surface area (Å²) in [6.07, 6.45) is 0.801. The molecule has 2 aliphatic rings. The van der Waals surface area contributed by atoms with E-state index in [0.29, 0.717) is 28.7 Å². The fraction of sp³-hybridized carbons (Fsp3) is 0.391. The molecule has 2 saturated heterocycles.